The summed E-state index contributed by atoms with van der Waals surface area (Å²) in [4.78, 5) is 16.9. The molecule has 0 saturated carbocycles. The van der Waals surface area contributed by atoms with Crippen LogP contribution in [0, 0.1) is 5.92 Å². The zero-order valence-electron chi connectivity index (χ0n) is 15.2. The monoisotopic (exact) mass is 345 g/mol. The Morgan fingerprint density at radius 3 is 2.76 bits per heavy atom. The van der Waals surface area contributed by atoms with Gasteiger partial charge in [0.15, 0.2) is 0 Å². The fraction of sp³-hybridized carbons (Fsp3) is 0.650. The number of carbonyl (C=O) groups is 1. The van der Waals surface area contributed by atoms with E-state index in [4.69, 9.17) is 0 Å². The van der Waals surface area contributed by atoms with Gasteiger partial charge in [0.25, 0.3) is 0 Å². The number of piperidine rings is 1. The van der Waals surface area contributed by atoms with Crippen LogP contribution in [0.4, 0.5) is 4.79 Å². The van der Waals surface area contributed by atoms with Gasteiger partial charge in [0.05, 0.1) is 6.10 Å². The fourth-order valence-electron chi connectivity index (χ4n) is 4.06. The molecule has 2 fully saturated rings. The van der Waals surface area contributed by atoms with E-state index in [1.54, 1.807) is 0 Å². The number of likely N-dealkylation sites (tertiary alicyclic amines) is 2. The van der Waals surface area contributed by atoms with Gasteiger partial charge in [-0.3, -0.25) is 4.90 Å². The third-order valence-electron chi connectivity index (χ3n) is 5.64. The lowest BCUT2D eigenvalue weighted by molar-refractivity contribution is 0.0735. The SMILES string of the molecule is CC(O)C1CCCN(C(=O)NCC2CCCN2Cc2ccccc2)C1. The Kier molecular flexibility index (Phi) is 6.32. The maximum absolute atomic E-state index is 12.5. The highest BCUT2D eigenvalue weighted by Crippen LogP contribution is 2.21. The molecule has 138 valence electrons. The summed E-state index contributed by atoms with van der Waals surface area (Å²) >= 11 is 0. The highest BCUT2D eigenvalue weighted by molar-refractivity contribution is 5.74. The predicted octanol–water partition coefficient (Wildman–Crippen LogP) is 2.45. The van der Waals surface area contributed by atoms with E-state index >= 15 is 0 Å². The molecule has 1 aromatic rings. The van der Waals surface area contributed by atoms with Gasteiger partial charge in [-0.05, 0) is 44.7 Å². The van der Waals surface area contributed by atoms with E-state index in [1.165, 1.54) is 12.0 Å². The van der Waals surface area contributed by atoms with E-state index in [1.807, 2.05) is 17.9 Å². The molecule has 3 atom stereocenters. The largest absolute Gasteiger partial charge is 0.393 e. The Balaban J connectivity index is 1.47. The van der Waals surface area contributed by atoms with Crippen LogP contribution < -0.4 is 5.32 Å². The standard InChI is InChI=1S/C20H31N3O2/c1-16(24)18-9-5-12-23(15-18)20(25)21-13-19-10-6-11-22(19)14-17-7-3-2-4-8-17/h2-4,7-8,16,18-19,24H,5-6,9-15H2,1H3,(H,21,25). The smallest absolute Gasteiger partial charge is 0.317 e. The first-order valence-electron chi connectivity index (χ1n) is 9.62. The molecule has 2 N–H and O–H groups in total. The highest BCUT2D eigenvalue weighted by atomic mass is 16.3. The van der Waals surface area contributed by atoms with E-state index in [0.717, 1.165) is 38.9 Å². The second kappa shape index (κ2) is 8.68. The Hall–Kier alpha value is -1.59. The van der Waals surface area contributed by atoms with Crippen molar-refractivity contribution in [2.45, 2.75) is 51.3 Å². The number of carbonyl (C=O) groups excluding carboxylic acids is 1. The van der Waals surface area contributed by atoms with E-state index in [0.29, 0.717) is 19.1 Å². The zero-order chi connectivity index (χ0) is 17.6. The summed E-state index contributed by atoms with van der Waals surface area (Å²) in [5.41, 5.74) is 1.33. The number of aliphatic hydroxyl groups is 1. The summed E-state index contributed by atoms with van der Waals surface area (Å²) in [5, 5.41) is 12.9. The number of aliphatic hydroxyl groups excluding tert-OH is 1. The normalized spacial score (nSPS) is 25.8. The van der Waals surface area contributed by atoms with Gasteiger partial charge in [-0.2, -0.15) is 0 Å². The fourth-order valence-corrected chi connectivity index (χ4v) is 4.06. The number of nitrogens with one attached hydrogen (secondary N) is 1. The van der Waals surface area contributed by atoms with Gasteiger partial charge >= 0.3 is 6.03 Å². The number of hydrogen-bond donors (Lipinski definition) is 2. The van der Waals surface area contributed by atoms with Crippen LogP contribution in [-0.2, 0) is 6.54 Å². The average molecular weight is 345 g/mol. The summed E-state index contributed by atoms with van der Waals surface area (Å²) in [5.74, 6) is 0.209. The molecule has 0 aromatic heterocycles. The highest BCUT2D eigenvalue weighted by Gasteiger charge is 2.28. The Bertz CT molecular complexity index is 549. The molecule has 3 rings (SSSR count). The van der Waals surface area contributed by atoms with Gasteiger partial charge in [0.1, 0.15) is 0 Å². The summed E-state index contributed by atoms with van der Waals surface area (Å²) in [6.07, 6.45) is 3.98. The Morgan fingerprint density at radius 1 is 1.24 bits per heavy atom. The molecule has 2 saturated heterocycles. The van der Waals surface area contributed by atoms with Crippen LogP contribution >= 0.6 is 0 Å². The first-order chi connectivity index (χ1) is 12.1. The van der Waals surface area contributed by atoms with Gasteiger partial charge in [0.2, 0.25) is 0 Å². The molecule has 0 spiro atoms. The zero-order valence-corrected chi connectivity index (χ0v) is 15.2. The molecule has 2 aliphatic rings. The summed E-state index contributed by atoms with van der Waals surface area (Å²) < 4.78 is 0. The van der Waals surface area contributed by atoms with Gasteiger partial charge in [-0.25, -0.2) is 4.79 Å². The van der Waals surface area contributed by atoms with Crippen molar-refractivity contribution < 1.29 is 9.90 Å². The number of urea groups is 1. The maximum atomic E-state index is 12.5. The molecule has 5 heteroatoms. The molecule has 1 aromatic carbocycles. The van der Waals surface area contributed by atoms with Gasteiger partial charge in [-0.1, -0.05) is 30.3 Å². The first kappa shape index (κ1) is 18.2. The molecule has 3 unspecified atom stereocenters. The van der Waals surface area contributed by atoms with Gasteiger partial charge < -0.3 is 15.3 Å². The third kappa shape index (κ3) is 4.95. The van der Waals surface area contributed by atoms with Crippen molar-refractivity contribution in [3.63, 3.8) is 0 Å². The Morgan fingerprint density at radius 2 is 2.00 bits per heavy atom. The molecule has 2 aliphatic heterocycles. The van der Waals surface area contributed by atoms with Crippen molar-refractivity contribution in [1.82, 2.24) is 15.1 Å². The van der Waals surface area contributed by atoms with Crippen LogP contribution in [0.1, 0.15) is 38.2 Å². The van der Waals surface area contributed by atoms with Gasteiger partial charge in [-0.15, -0.1) is 0 Å². The quantitative estimate of drug-likeness (QED) is 0.862. The lowest BCUT2D eigenvalue weighted by Crippen LogP contribution is -2.50. The molecule has 0 bridgehead atoms. The molecule has 25 heavy (non-hydrogen) atoms. The lowest BCUT2D eigenvalue weighted by Gasteiger charge is -2.34. The molecular formula is C20H31N3O2. The predicted molar refractivity (Wildman–Crippen MR) is 99.3 cm³/mol. The van der Waals surface area contributed by atoms with Crippen molar-refractivity contribution in [3.05, 3.63) is 35.9 Å². The lowest BCUT2D eigenvalue weighted by atomic mass is 9.94. The summed E-state index contributed by atoms with van der Waals surface area (Å²) in [7, 11) is 0. The topological polar surface area (TPSA) is 55.8 Å². The summed E-state index contributed by atoms with van der Waals surface area (Å²) in [6.45, 7) is 6.06. The molecule has 5 nitrogen and oxygen atoms in total. The van der Waals surface area contributed by atoms with Crippen LogP contribution in [0.15, 0.2) is 30.3 Å². The second-order valence-electron chi connectivity index (χ2n) is 7.53. The van der Waals surface area contributed by atoms with Crippen LogP contribution in [0.3, 0.4) is 0 Å². The number of hydrogen-bond acceptors (Lipinski definition) is 3. The minimum absolute atomic E-state index is 0.0249. The average Bonchev–Trinajstić information content (AvgIpc) is 3.07. The molecular weight excluding hydrogens is 314 g/mol. The van der Waals surface area contributed by atoms with Crippen LogP contribution in [0.5, 0.6) is 0 Å². The Labute approximate surface area is 151 Å². The molecule has 2 heterocycles. The van der Waals surface area contributed by atoms with Crippen molar-refractivity contribution in [3.8, 4) is 0 Å². The third-order valence-corrected chi connectivity index (χ3v) is 5.64. The number of rotatable bonds is 5. The second-order valence-corrected chi connectivity index (χ2v) is 7.53. The van der Waals surface area contributed by atoms with Crippen molar-refractivity contribution >= 4 is 6.03 Å². The van der Waals surface area contributed by atoms with E-state index in [9.17, 15) is 9.90 Å². The number of nitrogens with zero attached hydrogens (tertiary/aromatic N) is 2. The van der Waals surface area contributed by atoms with E-state index < -0.39 is 0 Å². The maximum Gasteiger partial charge on any atom is 0.317 e. The number of amides is 2. The van der Waals surface area contributed by atoms with E-state index in [-0.39, 0.29) is 18.1 Å². The summed E-state index contributed by atoms with van der Waals surface area (Å²) in [6, 6.07) is 11.0. The van der Waals surface area contributed by atoms with Crippen molar-refractivity contribution in [2.75, 3.05) is 26.2 Å². The van der Waals surface area contributed by atoms with Crippen LogP contribution in [0.2, 0.25) is 0 Å². The van der Waals surface area contributed by atoms with Gasteiger partial charge in [0, 0.05) is 38.1 Å². The molecule has 0 aliphatic carbocycles. The van der Waals surface area contributed by atoms with Crippen LogP contribution in [-0.4, -0.2) is 59.3 Å². The minimum atomic E-state index is -0.341. The van der Waals surface area contributed by atoms with Crippen molar-refractivity contribution in [1.29, 1.82) is 0 Å². The van der Waals surface area contributed by atoms with Crippen molar-refractivity contribution in [2.24, 2.45) is 5.92 Å². The van der Waals surface area contributed by atoms with Crippen LogP contribution in [0.25, 0.3) is 0 Å². The minimum Gasteiger partial charge on any atom is -0.393 e. The van der Waals surface area contributed by atoms with E-state index in [2.05, 4.69) is 34.5 Å². The molecule has 2 amide bonds. The molecule has 0 radical (unpaired) electrons. The number of benzene rings is 1. The first-order valence-corrected chi connectivity index (χ1v) is 9.62.